The number of thiophene rings is 1. The summed E-state index contributed by atoms with van der Waals surface area (Å²) in [5.41, 5.74) is 2.91. The first-order valence-corrected chi connectivity index (χ1v) is 9.83. The van der Waals surface area contributed by atoms with Crippen molar-refractivity contribution in [1.82, 2.24) is 10.0 Å². The van der Waals surface area contributed by atoms with Gasteiger partial charge in [-0.1, -0.05) is 17.7 Å². The predicted octanol–water partition coefficient (Wildman–Crippen LogP) is 2.61. The molecular weight excluding hydrogens is 356 g/mol. The van der Waals surface area contributed by atoms with Crippen molar-refractivity contribution in [2.45, 2.75) is 29.6 Å². The Kier molecular flexibility index (Phi) is 3.49. The van der Waals surface area contributed by atoms with Crippen molar-refractivity contribution in [1.29, 1.82) is 0 Å². The maximum absolute atomic E-state index is 12.5. The molecule has 8 heteroatoms. The molecule has 1 unspecified atom stereocenters. The average Bonchev–Trinajstić information content (AvgIpc) is 3.15. The zero-order valence-corrected chi connectivity index (χ0v) is 14.3. The summed E-state index contributed by atoms with van der Waals surface area (Å²) in [5, 5.41) is 3.70. The molecule has 0 fully saturated rings. The molecule has 0 radical (unpaired) electrons. The van der Waals surface area contributed by atoms with Gasteiger partial charge < -0.3 is 5.32 Å². The van der Waals surface area contributed by atoms with E-state index in [9.17, 15) is 13.2 Å². The van der Waals surface area contributed by atoms with Gasteiger partial charge in [0.15, 0.2) is 0 Å². The molecule has 0 spiro atoms. The number of nitrogens with one attached hydrogen (secondary N) is 2. The summed E-state index contributed by atoms with van der Waals surface area (Å²) in [6.07, 6.45) is 1.70. The largest absolute Gasteiger partial charge is 0.345 e. The lowest BCUT2D eigenvalue weighted by Gasteiger charge is -2.13. The summed E-state index contributed by atoms with van der Waals surface area (Å²) < 4.78 is 26.3. The van der Waals surface area contributed by atoms with Crippen LogP contribution < -0.4 is 10.0 Å². The smallest absolute Gasteiger partial charge is 0.261 e. The van der Waals surface area contributed by atoms with Crippen LogP contribution in [0.25, 0.3) is 0 Å². The van der Waals surface area contributed by atoms with Gasteiger partial charge in [0.05, 0.1) is 10.9 Å². The van der Waals surface area contributed by atoms with Crippen molar-refractivity contribution in [3.8, 4) is 0 Å². The molecule has 1 atom stereocenters. The zero-order valence-electron chi connectivity index (χ0n) is 11.9. The summed E-state index contributed by atoms with van der Waals surface area (Å²) in [7, 11) is -3.43. The number of carbonyl (C=O) groups is 1. The van der Waals surface area contributed by atoms with Crippen LogP contribution in [0.5, 0.6) is 0 Å². The Morgan fingerprint density at radius 2 is 2.13 bits per heavy atom. The lowest BCUT2D eigenvalue weighted by molar-refractivity contribution is 0.0941. The quantitative estimate of drug-likeness (QED) is 0.855. The Hall–Kier alpha value is -1.41. The second-order valence-corrected chi connectivity index (χ2v) is 9.11. The number of fused-ring (bicyclic) bond motifs is 2. The highest BCUT2D eigenvalue weighted by Crippen LogP contribution is 2.35. The Morgan fingerprint density at radius 1 is 1.30 bits per heavy atom. The van der Waals surface area contributed by atoms with Crippen molar-refractivity contribution in [2.24, 2.45) is 0 Å². The van der Waals surface area contributed by atoms with Gasteiger partial charge in [0.25, 0.3) is 15.9 Å². The molecule has 0 saturated heterocycles. The summed E-state index contributed by atoms with van der Waals surface area (Å²) in [5.74, 6) is -0.229. The van der Waals surface area contributed by atoms with E-state index in [1.807, 2.05) is 18.2 Å². The van der Waals surface area contributed by atoms with E-state index >= 15 is 0 Å². The summed E-state index contributed by atoms with van der Waals surface area (Å²) in [6, 6.07) is 7.30. The number of hydrogen-bond acceptors (Lipinski definition) is 4. The van der Waals surface area contributed by atoms with Gasteiger partial charge in [0.2, 0.25) is 0 Å². The number of amides is 1. The lowest BCUT2D eigenvalue weighted by Crippen LogP contribution is -2.26. The van der Waals surface area contributed by atoms with Gasteiger partial charge in [0.1, 0.15) is 4.21 Å². The molecule has 5 nitrogen and oxygen atoms in total. The van der Waals surface area contributed by atoms with E-state index in [1.165, 1.54) is 0 Å². The Labute approximate surface area is 142 Å². The van der Waals surface area contributed by atoms with Gasteiger partial charge in [-0.25, -0.2) is 13.1 Å². The third-order valence-electron chi connectivity index (χ3n) is 4.18. The van der Waals surface area contributed by atoms with Crippen LogP contribution in [0.3, 0.4) is 0 Å². The minimum absolute atomic E-state index is 0.0542. The minimum atomic E-state index is -3.43. The fraction of sp³-hybridized carbons (Fsp3) is 0.267. The van der Waals surface area contributed by atoms with E-state index < -0.39 is 10.0 Å². The van der Waals surface area contributed by atoms with Crippen LogP contribution in [0.1, 0.15) is 38.8 Å². The van der Waals surface area contributed by atoms with E-state index in [0.717, 1.165) is 35.3 Å². The number of carbonyl (C=O) groups excluding carboxylic acids is 1. The first-order chi connectivity index (χ1) is 10.9. The summed E-state index contributed by atoms with van der Waals surface area (Å²) in [4.78, 5) is 12.9. The van der Waals surface area contributed by atoms with Crippen molar-refractivity contribution in [2.75, 3.05) is 0 Å². The first kappa shape index (κ1) is 15.1. The topological polar surface area (TPSA) is 75.3 Å². The van der Waals surface area contributed by atoms with E-state index in [1.54, 1.807) is 6.07 Å². The summed E-state index contributed by atoms with van der Waals surface area (Å²) in [6.45, 7) is 0.256. The standard InChI is InChI=1S/C15H13ClN2O3S2/c16-10-2-3-11-8(5-10)1-4-12(11)18-14(19)13-6-9-7-17-23(20,21)15(9)22-13/h2-3,5-6,12,17H,1,4,7H2,(H,18,19). The van der Waals surface area contributed by atoms with Gasteiger partial charge in [-0.2, -0.15) is 0 Å². The molecule has 120 valence electrons. The molecule has 1 aromatic carbocycles. The molecule has 1 aromatic heterocycles. The van der Waals surface area contributed by atoms with Gasteiger partial charge in [-0.15, -0.1) is 11.3 Å². The van der Waals surface area contributed by atoms with E-state index in [4.69, 9.17) is 11.6 Å². The van der Waals surface area contributed by atoms with Gasteiger partial charge in [-0.3, -0.25) is 4.79 Å². The first-order valence-electron chi connectivity index (χ1n) is 7.15. The van der Waals surface area contributed by atoms with Gasteiger partial charge in [0, 0.05) is 11.6 Å². The predicted molar refractivity (Wildman–Crippen MR) is 88.3 cm³/mol. The second-order valence-electron chi connectivity index (χ2n) is 5.66. The lowest BCUT2D eigenvalue weighted by atomic mass is 10.1. The van der Waals surface area contributed by atoms with Crippen molar-refractivity contribution in [3.05, 3.63) is 50.9 Å². The van der Waals surface area contributed by atoms with E-state index in [0.29, 0.717) is 15.5 Å². The van der Waals surface area contributed by atoms with Crippen LogP contribution in [-0.2, 0) is 23.0 Å². The Bertz CT molecular complexity index is 921. The molecule has 0 saturated carbocycles. The highest BCUT2D eigenvalue weighted by molar-refractivity contribution is 7.92. The van der Waals surface area contributed by atoms with Crippen LogP contribution in [0.15, 0.2) is 28.5 Å². The van der Waals surface area contributed by atoms with Crippen molar-refractivity contribution in [3.63, 3.8) is 0 Å². The number of halogens is 1. The van der Waals surface area contributed by atoms with Crippen LogP contribution in [-0.4, -0.2) is 14.3 Å². The van der Waals surface area contributed by atoms with Crippen LogP contribution in [0, 0.1) is 0 Å². The average molecular weight is 369 g/mol. The van der Waals surface area contributed by atoms with Crippen LogP contribution >= 0.6 is 22.9 Å². The van der Waals surface area contributed by atoms with Crippen molar-refractivity contribution >= 4 is 38.9 Å². The third-order valence-corrected chi connectivity index (χ3v) is 7.57. The molecule has 0 bridgehead atoms. The molecule has 2 aromatic rings. The van der Waals surface area contributed by atoms with E-state index in [2.05, 4.69) is 10.0 Å². The maximum Gasteiger partial charge on any atom is 0.261 e. The zero-order chi connectivity index (χ0) is 16.2. The molecular formula is C15H13ClN2O3S2. The minimum Gasteiger partial charge on any atom is -0.345 e. The molecule has 4 rings (SSSR count). The van der Waals surface area contributed by atoms with Crippen LogP contribution in [0.2, 0.25) is 5.02 Å². The molecule has 1 aliphatic heterocycles. The molecule has 2 aliphatic rings. The number of sulfonamides is 1. The molecule has 2 heterocycles. The maximum atomic E-state index is 12.5. The Balaban J connectivity index is 1.57. The molecule has 2 N–H and O–H groups in total. The van der Waals surface area contributed by atoms with Gasteiger partial charge in [-0.05, 0) is 47.7 Å². The molecule has 1 amide bonds. The molecule has 23 heavy (non-hydrogen) atoms. The molecule has 1 aliphatic carbocycles. The number of aryl methyl sites for hydroxylation is 1. The van der Waals surface area contributed by atoms with Gasteiger partial charge >= 0.3 is 0 Å². The fourth-order valence-electron chi connectivity index (χ4n) is 3.08. The normalized spacial score (nSPS) is 21.0. The SMILES string of the molecule is O=C(NC1CCc2cc(Cl)ccc21)c1cc2c(s1)S(=O)(=O)NC2. The number of rotatable bonds is 2. The number of hydrogen-bond donors (Lipinski definition) is 2. The fourth-order valence-corrected chi connectivity index (χ4v) is 5.93. The summed E-state index contributed by atoms with van der Waals surface area (Å²) >= 11 is 7.01. The second kappa shape index (κ2) is 5.31. The van der Waals surface area contributed by atoms with Crippen LogP contribution in [0.4, 0.5) is 0 Å². The highest BCUT2D eigenvalue weighted by atomic mass is 35.5. The third kappa shape index (κ3) is 2.57. The number of benzene rings is 1. The Morgan fingerprint density at radius 3 is 2.91 bits per heavy atom. The van der Waals surface area contributed by atoms with E-state index in [-0.39, 0.29) is 22.7 Å². The van der Waals surface area contributed by atoms with Crippen molar-refractivity contribution < 1.29 is 13.2 Å². The highest BCUT2D eigenvalue weighted by Gasteiger charge is 2.31. The monoisotopic (exact) mass is 368 g/mol.